The molecule has 1 saturated heterocycles. The van der Waals surface area contributed by atoms with Gasteiger partial charge in [0.05, 0.1) is 23.4 Å². The van der Waals surface area contributed by atoms with Gasteiger partial charge in [-0.3, -0.25) is 15.2 Å². The number of anilines is 1. The monoisotopic (exact) mass is 501 g/mol. The van der Waals surface area contributed by atoms with Crippen LogP contribution >= 0.6 is 11.3 Å². The van der Waals surface area contributed by atoms with E-state index in [2.05, 4.69) is 62.3 Å². The summed E-state index contributed by atoms with van der Waals surface area (Å²) < 4.78 is 0. The molecule has 4 unspecified atom stereocenters. The number of nitrogens with one attached hydrogen (secondary N) is 4. The smallest absolute Gasteiger partial charge is 0.226 e. The third-order valence-corrected chi connectivity index (χ3v) is 8.52. The summed E-state index contributed by atoms with van der Waals surface area (Å²) >= 11 is 1.78. The molecule has 0 radical (unpaired) electrons. The normalized spacial score (nSPS) is 23.8. The van der Waals surface area contributed by atoms with Crippen molar-refractivity contribution >= 4 is 34.1 Å². The SMILES string of the molecule is Cc1ccc(-c2ccnc3nc(C4NNC5CCC(c6cncc(NC(=O)C(C)C)c6)CC54)[nH]c23)s1. The van der Waals surface area contributed by atoms with Crippen molar-refractivity contribution in [2.75, 3.05) is 5.32 Å². The molecular formula is C27H31N7OS. The Morgan fingerprint density at radius 1 is 1.17 bits per heavy atom. The first kappa shape index (κ1) is 23.3. The van der Waals surface area contributed by atoms with Crippen molar-refractivity contribution in [1.29, 1.82) is 0 Å². The number of imidazole rings is 1. The number of H-pyrrole nitrogens is 1. The highest BCUT2D eigenvalue weighted by molar-refractivity contribution is 7.15. The molecule has 2 fully saturated rings. The molecule has 5 heterocycles. The summed E-state index contributed by atoms with van der Waals surface area (Å²) in [4.78, 5) is 32.2. The molecule has 1 saturated carbocycles. The molecule has 1 amide bonds. The van der Waals surface area contributed by atoms with E-state index in [4.69, 9.17) is 4.98 Å². The van der Waals surface area contributed by atoms with E-state index in [-0.39, 0.29) is 17.9 Å². The van der Waals surface area contributed by atoms with Crippen molar-refractivity contribution in [3.63, 3.8) is 0 Å². The molecule has 0 bridgehead atoms. The van der Waals surface area contributed by atoms with E-state index in [0.29, 0.717) is 17.9 Å². The van der Waals surface area contributed by atoms with E-state index in [1.54, 1.807) is 17.5 Å². The van der Waals surface area contributed by atoms with Gasteiger partial charge in [-0.15, -0.1) is 11.3 Å². The molecule has 0 aromatic carbocycles. The van der Waals surface area contributed by atoms with Gasteiger partial charge in [0.15, 0.2) is 5.65 Å². The fraction of sp³-hybridized carbons (Fsp3) is 0.407. The largest absolute Gasteiger partial charge is 0.339 e. The van der Waals surface area contributed by atoms with Crippen LogP contribution in [0.2, 0.25) is 0 Å². The highest BCUT2D eigenvalue weighted by Crippen LogP contribution is 2.44. The lowest BCUT2D eigenvalue weighted by molar-refractivity contribution is -0.118. The second kappa shape index (κ2) is 9.38. The van der Waals surface area contributed by atoms with Gasteiger partial charge in [0, 0.05) is 39.7 Å². The number of carbonyl (C=O) groups excluding carboxylic acids is 1. The van der Waals surface area contributed by atoms with Gasteiger partial charge < -0.3 is 10.3 Å². The van der Waals surface area contributed by atoms with Crippen molar-refractivity contribution in [3.8, 4) is 10.4 Å². The van der Waals surface area contributed by atoms with Gasteiger partial charge in [-0.2, -0.15) is 0 Å². The van der Waals surface area contributed by atoms with E-state index in [1.807, 2.05) is 26.2 Å². The minimum atomic E-state index is -0.0665. The van der Waals surface area contributed by atoms with Crippen LogP contribution in [-0.4, -0.2) is 31.9 Å². The number of thiophene rings is 1. The number of aryl methyl sites for hydroxylation is 1. The summed E-state index contributed by atoms with van der Waals surface area (Å²) in [6.07, 6.45) is 8.68. The molecule has 4 N–H and O–H groups in total. The van der Waals surface area contributed by atoms with Crippen LogP contribution in [-0.2, 0) is 4.79 Å². The maximum absolute atomic E-state index is 12.2. The molecule has 4 atom stereocenters. The zero-order chi connectivity index (χ0) is 24.8. The summed E-state index contributed by atoms with van der Waals surface area (Å²) in [5.74, 6) is 1.63. The lowest BCUT2D eigenvalue weighted by Gasteiger charge is -2.33. The Bertz CT molecular complexity index is 1410. The van der Waals surface area contributed by atoms with Crippen LogP contribution < -0.4 is 16.2 Å². The minimum Gasteiger partial charge on any atom is -0.339 e. The van der Waals surface area contributed by atoms with Gasteiger partial charge in [0.2, 0.25) is 5.91 Å². The van der Waals surface area contributed by atoms with Gasteiger partial charge in [-0.25, -0.2) is 15.4 Å². The summed E-state index contributed by atoms with van der Waals surface area (Å²) in [6, 6.07) is 8.93. The topological polar surface area (TPSA) is 108 Å². The van der Waals surface area contributed by atoms with Crippen LogP contribution in [0.25, 0.3) is 21.6 Å². The predicted molar refractivity (Wildman–Crippen MR) is 143 cm³/mol. The number of aromatic nitrogens is 4. The third-order valence-electron chi connectivity index (χ3n) is 7.49. The second-order valence-electron chi connectivity index (χ2n) is 10.3. The van der Waals surface area contributed by atoms with Crippen molar-refractivity contribution < 1.29 is 4.79 Å². The molecule has 186 valence electrons. The minimum absolute atomic E-state index is 0.0116. The maximum atomic E-state index is 12.2. The molecule has 9 heteroatoms. The van der Waals surface area contributed by atoms with Crippen LogP contribution in [0.5, 0.6) is 0 Å². The van der Waals surface area contributed by atoms with Crippen LogP contribution in [0.4, 0.5) is 5.69 Å². The Labute approximate surface area is 214 Å². The zero-order valence-corrected chi connectivity index (χ0v) is 21.5. The number of nitrogens with zero attached hydrogens (tertiary/aromatic N) is 3. The Hall–Kier alpha value is -3.14. The lowest BCUT2D eigenvalue weighted by Crippen LogP contribution is -2.34. The van der Waals surface area contributed by atoms with Crippen LogP contribution in [0.3, 0.4) is 0 Å². The van der Waals surface area contributed by atoms with Crippen molar-refractivity contribution in [3.05, 3.63) is 59.1 Å². The first-order chi connectivity index (χ1) is 17.5. The average Bonchev–Trinajstić information content (AvgIpc) is 3.61. The molecule has 8 nitrogen and oxygen atoms in total. The first-order valence-corrected chi connectivity index (χ1v) is 13.5. The Balaban J connectivity index is 1.25. The number of amides is 1. The number of rotatable bonds is 5. The summed E-state index contributed by atoms with van der Waals surface area (Å²) in [5, 5.41) is 2.99. The average molecular weight is 502 g/mol. The summed E-state index contributed by atoms with van der Waals surface area (Å²) in [6.45, 7) is 5.92. The molecule has 1 aliphatic carbocycles. The zero-order valence-electron chi connectivity index (χ0n) is 20.7. The predicted octanol–water partition coefficient (Wildman–Crippen LogP) is 5.09. The fourth-order valence-corrected chi connectivity index (χ4v) is 6.43. The molecule has 4 aromatic heterocycles. The summed E-state index contributed by atoms with van der Waals surface area (Å²) in [7, 11) is 0. The van der Waals surface area contributed by atoms with Crippen LogP contribution in [0.15, 0.2) is 42.9 Å². The van der Waals surface area contributed by atoms with E-state index >= 15 is 0 Å². The molecule has 1 aliphatic heterocycles. The van der Waals surface area contributed by atoms with Gasteiger partial charge in [0.25, 0.3) is 0 Å². The number of hydrogen-bond acceptors (Lipinski definition) is 7. The molecule has 0 spiro atoms. The van der Waals surface area contributed by atoms with Crippen molar-refractivity contribution in [1.82, 2.24) is 30.8 Å². The quantitative estimate of drug-likeness (QED) is 0.304. The van der Waals surface area contributed by atoms with Gasteiger partial charge in [-0.1, -0.05) is 13.8 Å². The second-order valence-corrected chi connectivity index (χ2v) is 11.6. The Morgan fingerprint density at radius 3 is 2.86 bits per heavy atom. The highest BCUT2D eigenvalue weighted by Gasteiger charge is 2.42. The fourth-order valence-electron chi connectivity index (χ4n) is 5.53. The first-order valence-electron chi connectivity index (χ1n) is 12.6. The van der Waals surface area contributed by atoms with E-state index in [0.717, 1.165) is 47.5 Å². The molecular weight excluding hydrogens is 470 g/mol. The number of carbonyl (C=O) groups is 1. The Morgan fingerprint density at radius 2 is 2.06 bits per heavy atom. The van der Waals surface area contributed by atoms with Gasteiger partial charge >= 0.3 is 0 Å². The van der Waals surface area contributed by atoms with Crippen LogP contribution in [0.1, 0.15) is 61.3 Å². The Kier molecular flexibility index (Phi) is 6.07. The standard InChI is InChI=1S/C27H31N7OS/c1-14(2)27(35)30-18-10-17(12-28-13-18)16-5-6-21-20(11-16)24(34-33-21)26-31-23-19(8-9-29-25(23)32-26)22-7-4-15(3)36-22/h4,7-10,12-14,16,20-21,24,33-34H,5-6,11H2,1-3H3,(H,30,35)(H,29,31,32). The van der Waals surface area contributed by atoms with Gasteiger partial charge in [-0.05, 0) is 67.9 Å². The van der Waals surface area contributed by atoms with Crippen molar-refractivity contribution in [2.24, 2.45) is 11.8 Å². The lowest BCUT2D eigenvalue weighted by atomic mass is 9.73. The highest BCUT2D eigenvalue weighted by atomic mass is 32.1. The van der Waals surface area contributed by atoms with E-state index < -0.39 is 0 Å². The van der Waals surface area contributed by atoms with Gasteiger partial charge in [0.1, 0.15) is 5.82 Å². The number of hydrazine groups is 1. The van der Waals surface area contributed by atoms with E-state index in [9.17, 15) is 4.79 Å². The summed E-state index contributed by atoms with van der Waals surface area (Å²) in [5.41, 5.74) is 11.9. The number of aromatic amines is 1. The molecule has 36 heavy (non-hydrogen) atoms. The molecule has 6 rings (SSSR count). The van der Waals surface area contributed by atoms with Crippen LogP contribution in [0, 0.1) is 18.8 Å². The number of pyridine rings is 2. The molecule has 2 aliphatic rings. The number of fused-ring (bicyclic) bond motifs is 2. The van der Waals surface area contributed by atoms with E-state index in [1.165, 1.54) is 15.3 Å². The number of hydrogen-bond donors (Lipinski definition) is 4. The van der Waals surface area contributed by atoms with Crippen molar-refractivity contribution in [2.45, 2.75) is 58.0 Å². The third kappa shape index (κ3) is 4.31. The molecule has 4 aromatic rings. The maximum Gasteiger partial charge on any atom is 0.226 e.